The van der Waals surface area contributed by atoms with Crippen LogP contribution in [-0.4, -0.2) is 22.7 Å². The molecule has 0 unspecified atom stereocenters. The van der Waals surface area contributed by atoms with Gasteiger partial charge in [-0.2, -0.15) is 0 Å². The van der Waals surface area contributed by atoms with Crippen LogP contribution in [0.1, 0.15) is 29.9 Å². The Hall–Kier alpha value is -1.75. The van der Waals surface area contributed by atoms with Crippen molar-refractivity contribution in [3.63, 3.8) is 0 Å². The summed E-state index contributed by atoms with van der Waals surface area (Å²) in [6, 6.07) is 8.48. The molecule has 1 aromatic heterocycles. The van der Waals surface area contributed by atoms with E-state index >= 15 is 0 Å². The SMILES string of the molecule is Cc1ccccc1-c1nc(CSCC(=O)NC2CC2)c(C)o1. The summed E-state index contributed by atoms with van der Waals surface area (Å²) < 4.78 is 5.79. The molecule has 0 atom stereocenters. The molecule has 1 N–H and O–H groups in total. The zero-order valence-electron chi connectivity index (χ0n) is 12.9. The van der Waals surface area contributed by atoms with Crippen molar-refractivity contribution in [2.75, 3.05) is 5.75 Å². The first-order chi connectivity index (χ1) is 10.6. The number of carbonyl (C=O) groups excluding carboxylic acids is 1. The molecule has 5 heteroatoms. The fraction of sp³-hybridized carbons (Fsp3) is 0.412. The number of carbonyl (C=O) groups is 1. The van der Waals surface area contributed by atoms with E-state index in [0.29, 0.717) is 23.4 Å². The first-order valence-corrected chi connectivity index (χ1v) is 8.68. The van der Waals surface area contributed by atoms with Crippen molar-refractivity contribution in [3.05, 3.63) is 41.3 Å². The quantitative estimate of drug-likeness (QED) is 0.886. The van der Waals surface area contributed by atoms with E-state index in [2.05, 4.69) is 10.3 Å². The molecule has 0 radical (unpaired) electrons. The summed E-state index contributed by atoms with van der Waals surface area (Å²) >= 11 is 1.58. The average Bonchev–Trinajstić information content (AvgIpc) is 3.22. The molecule has 116 valence electrons. The predicted molar refractivity (Wildman–Crippen MR) is 88.7 cm³/mol. The summed E-state index contributed by atoms with van der Waals surface area (Å²) in [6.45, 7) is 3.97. The molecule has 1 saturated carbocycles. The standard InChI is InChI=1S/C17H20N2O2S/c1-11-5-3-4-6-14(11)17-19-15(12(2)21-17)9-22-10-16(20)18-13-7-8-13/h3-6,13H,7-10H2,1-2H3,(H,18,20). The Bertz CT molecular complexity index is 677. The Morgan fingerprint density at radius 2 is 2.14 bits per heavy atom. The first-order valence-electron chi connectivity index (χ1n) is 7.53. The van der Waals surface area contributed by atoms with Gasteiger partial charge in [0.15, 0.2) is 0 Å². The maximum Gasteiger partial charge on any atom is 0.230 e. The molecule has 1 aromatic carbocycles. The van der Waals surface area contributed by atoms with Gasteiger partial charge in [0.05, 0.1) is 11.4 Å². The van der Waals surface area contributed by atoms with Gasteiger partial charge >= 0.3 is 0 Å². The van der Waals surface area contributed by atoms with Gasteiger partial charge in [-0.1, -0.05) is 18.2 Å². The van der Waals surface area contributed by atoms with Crippen LogP contribution in [0.25, 0.3) is 11.5 Å². The minimum absolute atomic E-state index is 0.118. The lowest BCUT2D eigenvalue weighted by Crippen LogP contribution is -2.27. The Balaban J connectivity index is 1.60. The average molecular weight is 316 g/mol. The zero-order chi connectivity index (χ0) is 15.5. The smallest absolute Gasteiger partial charge is 0.230 e. The van der Waals surface area contributed by atoms with E-state index in [0.717, 1.165) is 35.4 Å². The third-order valence-electron chi connectivity index (χ3n) is 3.68. The number of benzene rings is 1. The number of oxazole rings is 1. The highest BCUT2D eigenvalue weighted by Crippen LogP contribution is 2.26. The van der Waals surface area contributed by atoms with Crippen molar-refractivity contribution < 1.29 is 9.21 Å². The van der Waals surface area contributed by atoms with Crippen LogP contribution in [0.5, 0.6) is 0 Å². The van der Waals surface area contributed by atoms with Crippen molar-refractivity contribution in [2.24, 2.45) is 0 Å². The van der Waals surface area contributed by atoms with Crippen molar-refractivity contribution in [3.8, 4) is 11.5 Å². The molecule has 22 heavy (non-hydrogen) atoms. The largest absolute Gasteiger partial charge is 0.441 e. The normalized spacial score (nSPS) is 14.1. The monoisotopic (exact) mass is 316 g/mol. The molecule has 1 heterocycles. The van der Waals surface area contributed by atoms with Crippen LogP contribution >= 0.6 is 11.8 Å². The highest BCUT2D eigenvalue weighted by atomic mass is 32.2. The number of nitrogens with one attached hydrogen (secondary N) is 1. The van der Waals surface area contributed by atoms with Gasteiger partial charge in [0.2, 0.25) is 11.8 Å². The molecule has 0 saturated heterocycles. The van der Waals surface area contributed by atoms with E-state index in [-0.39, 0.29) is 5.91 Å². The van der Waals surface area contributed by atoms with Crippen molar-refractivity contribution >= 4 is 17.7 Å². The molecular formula is C17H20N2O2S. The second-order valence-corrected chi connectivity index (χ2v) is 6.66. The maximum absolute atomic E-state index is 11.7. The van der Waals surface area contributed by atoms with Crippen LogP contribution < -0.4 is 5.32 Å². The molecule has 0 bridgehead atoms. The van der Waals surface area contributed by atoms with Gasteiger partial charge in [-0.3, -0.25) is 4.79 Å². The molecule has 1 amide bonds. The van der Waals surface area contributed by atoms with Gasteiger partial charge in [0.25, 0.3) is 0 Å². The van der Waals surface area contributed by atoms with E-state index in [9.17, 15) is 4.79 Å². The number of amides is 1. The Morgan fingerprint density at radius 1 is 1.36 bits per heavy atom. The molecule has 3 rings (SSSR count). The fourth-order valence-electron chi connectivity index (χ4n) is 2.23. The van der Waals surface area contributed by atoms with Crippen LogP contribution in [0, 0.1) is 13.8 Å². The van der Waals surface area contributed by atoms with Gasteiger partial charge in [-0.25, -0.2) is 4.98 Å². The maximum atomic E-state index is 11.7. The summed E-state index contributed by atoms with van der Waals surface area (Å²) in [6.07, 6.45) is 2.25. The van der Waals surface area contributed by atoms with Gasteiger partial charge in [-0.15, -0.1) is 11.8 Å². The highest BCUT2D eigenvalue weighted by Gasteiger charge is 2.23. The topological polar surface area (TPSA) is 55.1 Å². The lowest BCUT2D eigenvalue weighted by atomic mass is 10.1. The lowest BCUT2D eigenvalue weighted by molar-refractivity contribution is -0.118. The molecule has 0 aliphatic heterocycles. The molecule has 1 aliphatic carbocycles. The van der Waals surface area contributed by atoms with Crippen molar-refractivity contribution in [1.29, 1.82) is 0 Å². The molecule has 1 fully saturated rings. The van der Waals surface area contributed by atoms with Gasteiger partial charge in [0.1, 0.15) is 5.76 Å². The van der Waals surface area contributed by atoms with E-state index in [1.807, 2.05) is 38.1 Å². The molecule has 1 aliphatic rings. The van der Waals surface area contributed by atoms with Gasteiger partial charge < -0.3 is 9.73 Å². The number of rotatable bonds is 6. The van der Waals surface area contributed by atoms with Crippen LogP contribution in [0.3, 0.4) is 0 Å². The summed E-state index contributed by atoms with van der Waals surface area (Å²) in [5.74, 6) is 2.77. The second kappa shape index (κ2) is 6.57. The minimum Gasteiger partial charge on any atom is -0.441 e. The van der Waals surface area contributed by atoms with Crippen LogP contribution in [0.4, 0.5) is 0 Å². The van der Waals surface area contributed by atoms with Gasteiger partial charge in [0, 0.05) is 17.4 Å². The van der Waals surface area contributed by atoms with Crippen LogP contribution in [0.15, 0.2) is 28.7 Å². The second-order valence-electron chi connectivity index (χ2n) is 5.67. The highest BCUT2D eigenvalue weighted by molar-refractivity contribution is 7.99. The summed E-state index contributed by atoms with van der Waals surface area (Å²) in [5.41, 5.74) is 3.09. The lowest BCUT2D eigenvalue weighted by Gasteiger charge is -2.02. The number of thioether (sulfide) groups is 1. The van der Waals surface area contributed by atoms with Crippen molar-refractivity contribution in [2.45, 2.75) is 38.5 Å². The Labute approximate surface area is 134 Å². The summed E-state index contributed by atoms with van der Waals surface area (Å²) in [7, 11) is 0. The molecule has 0 spiro atoms. The Kier molecular flexibility index (Phi) is 4.52. The van der Waals surface area contributed by atoms with E-state index < -0.39 is 0 Å². The number of hydrogen-bond acceptors (Lipinski definition) is 4. The number of aryl methyl sites for hydroxylation is 2. The summed E-state index contributed by atoms with van der Waals surface area (Å²) in [5, 5.41) is 2.99. The molecule has 2 aromatic rings. The van der Waals surface area contributed by atoms with E-state index in [1.165, 1.54) is 0 Å². The van der Waals surface area contributed by atoms with Gasteiger partial charge in [-0.05, 0) is 38.3 Å². The number of aromatic nitrogens is 1. The Morgan fingerprint density at radius 3 is 2.86 bits per heavy atom. The third-order valence-corrected chi connectivity index (χ3v) is 4.63. The fourth-order valence-corrected chi connectivity index (χ4v) is 3.06. The summed E-state index contributed by atoms with van der Waals surface area (Å²) in [4.78, 5) is 16.3. The third kappa shape index (κ3) is 3.71. The predicted octanol–water partition coefficient (Wildman–Crippen LogP) is 3.47. The van der Waals surface area contributed by atoms with Crippen molar-refractivity contribution in [1.82, 2.24) is 10.3 Å². The molecule has 4 nitrogen and oxygen atoms in total. The number of nitrogens with zero attached hydrogens (tertiary/aromatic N) is 1. The minimum atomic E-state index is 0.118. The zero-order valence-corrected chi connectivity index (χ0v) is 13.7. The van der Waals surface area contributed by atoms with Crippen LogP contribution in [0.2, 0.25) is 0 Å². The van der Waals surface area contributed by atoms with Crippen LogP contribution in [-0.2, 0) is 10.5 Å². The van der Waals surface area contributed by atoms with E-state index in [4.69, 9.17) is 4.42 Å². The first kappa shape index (κ1) is 15.2. The van der Waals surface area contributed by atoms with E-state index in [1.54, 1.807) is 11.8 Å². The molecular weight excluding hydrogens is 296 g/mol. The number of hydrogen-bond donors (Lipinski definition) is 1.